The first-order chi connectivity index (χ1) is 16.4. The molecule has 1 saturated heterocycles. The van der Waals surface area contributed by atoms with Gasteiger partial charge in [0.2, 0.25) is 0 Å². The van der Waals surface area contributed by atoms with E-state index in [2.05, 4.69) is 55.2 Å². The Bertz CT molecular complexity index is 1140. The number of carbonyl (C=O) groups excluding carboxylic acids is 1. The number of anilines is 1. The molecular formula is C27H32ClIN4O. The molecule has 0 aliphatic carbocycles. The summed E-state index contributed by atoms with van der Waals surface area (Å²) < 4.78 is 3.23. The van der Waals surface area contributed by atoms with Gasteiger partial charge in [0, 0.05) is 58.2 Å². The summed E-state index contributed by atoms with van der Waals surface area (Å²) in [5, 5.41) is 0.817. The molecule has 1 fully saturated rings. The highest BCUT2D eigenvalue weighted by Crippen LogP contribution is 2.30. The molecule has 1 aliphatic rings. The fraction of sp³-hybridized carbons (Fsp3) is 0.370. The molecule has 7 heteroatoms. The summed E-state index contributed by atoms with van der Waals surface area (Å²) in [6, 6.07) is 18.4. The van der Waals surface area contributed by atoms with Gasteiger partial charge in [0.1, 0.15) is 0 Å². The number of hydrogen-bond donors (Lipinski definition) is 0. The molecule has 1 aliphatic heterocycles. The summed E-state index contributed by atoms with van der Waals surface area (Å²) in [7, 11) is 3.94. The first kappa shape index (κ1) is 25.1. The maximum atomic E-state index is 13.2. The van der Waals surface area contributed by atoms with Gasteiger partial charge in [0.05, 0.1) is 19.8 Å². The lowest BCUT2D eigenvalue weighted by atomic mass is 10.1. The van der Waals surface area contributed by atoms with Gasteiger partial charge in [-0.2, -0.15) is 0 Å². The van der Waals surface area contributed by atoms with Crippen molar-refractivity contribution in [2.75, 3.05) is 51.2 Å². The van der Waals surface area contributed by atoms with Crippen LogP contribution in [0.1, 0.15) is 22.5 Å². The molecule has 0 bridgehead atoms. The number of halogens is 2. The summed E-state index contributed by atoms with van der Waals surface area (Å²) in [6.45, 7) is 7.82. The zero-order chi connectivity index (χ0) is 24.2. The van der Waals surface area contributed by atoms with Gasteiger partial charge in [0.15, 0.2) is 0 Å². The first-order valence-electron chi connectivity index (χ1n) is 11.8. The number of rotatable bonds is 7. The average Bonchev–Trinajstić information content (AvgIpc) is 3.15. The Hall–Kier alpha value is -2.03. The molecule has 0 saturated carbocycles. The third-order valence-corrected chi connectivity index (χ3v) is 8.56. The number of piperazine rings is 1. The smallest absolute Gasteiger partial charge is 0.255 e. The van der Waals surface area contributed by atoms with Crippen molar-refractivity contribution in [2.24, 2.45) is 7.05 Å². The minimum atomic E-state index is 0.0932. The topological polar surface area (TPSA) is 31.7 Å². The number of amides is 1. The van der Waals surface area contributed by atoms with Crippen LogP contribution in [-0.2, 0) is 7.05 Å². The Labute approximate surface area is 221 Å². The van der Waals surface area contributed by atoms with Crippen molar-refractivity contribution < 1.29 is 4.79 Å². The third-order valence-electron chi connectivity index (χ3n) is 6.79. The molecular weight excluding hydrogens is 559 g/mol. The van der Waals surface area contributed by atoms with Gasteiger partial charge in [-0.05, 0) is 66.2 Å². The standard InChI is InChI=1S/C27H32ClIN4O/c1-20-22(19-25(31(20)3)21-9-5-4-6-10-21)27(34)30(2)13-8-14-32-15-17-33(18-16-32)24-12-7-11-23(28)26(24)29/h4-7,9-12,19H,8,13-18H2,1-3H3. The number of carbonyl (C=O) groups is 1. The van der Waals surface area contributed by atoms with E-state index < -0.39 is 0 Å². The van der Waals surface area contributed by atoms with Crippen molar-refractivity contribution in [3.05, 3.63) is 74.4 Å². The van der Waals surface area contributed by atoms with Crippen molar-refractivity contribution in [3.63, 3.8) is 0 Å². The lowest BCUT2D eigenvalue weighted by Crippen LogP contribution is -2.47. The fourth-order valence-corrected chi connectivity index (χ4v) is 5.46. The summed E-state index contributed by atoms with van der Waals surface area (Å²) in [6.07, 6.45) is 0.967. The molecule has 0 atom stereocenters. The van der Waals surface area contributed by atoms with Crippen LogP contribution in [0.5, 0.6) is 0 Å². The SMILES string of the molecule is Cc1c(C(=O)N(C)CCCN2CCN(c3cccc(Cl)c3I)CC2)cc(-c2ccccc2)n1C. The summed E-state index contributed by atoms with van der Waals surface area (Å²) >= 11 is 8.64. The van der Waals surface area contributed by atoms with Gasteiger partial charge < -0.3 is 14.4 Å². The van der Waals surface area contributed by atoms with Crippen molar-refractivity contribution in [3.8, 4) is 11.3 Å². The zero-order valence-corrected chi connectivity index (χ0v) is 23.0. The fourth-order valence-electron chi connectivity index (χ4n) is 4.59. The van der Waals surface area contributed by atoms with E-state index in [1.165, 1.54) is 5.69 Å². The number of benzene rings is 2. The lowest BCUT2D eigenvalue weighted by Gasteiger charge is -2.36. The van der Waals surface area contributed by atoms with Gasteiger partial charge in [-0.25, -0.2) is 0 Å². The molecule has 2 aromatic carbocycles. The molecule has 2 heterocycles. The predicted octanol–water partition coefficient (Wildman–Crippen LogP) is 5.54. The van der Waals surface area contributed by atoms with E-state index in [1.54, 1.807) is 0 Å². The summed E-state index contributed by atoms with van der Waals surface area (Å²) in [4.78, 5) is 20.0. The van der Waals surface area contributed by atoms with Crippen LogP contribution in [0.15, 0.2) is 54.6 Å². The number of hydrogen-bond acceptors (Lipinski definition) is 3. The second-order valence-electron chi connectivity index (χ2n) is 8.94. The Balaban J connectivity index is 1.28. The second kappa shape index (κ2) is 11.1. The average molecular weight is 591 g/mol. The van der Waals surface area contributed by atoms with E-state index in [4.69, 9.17) is 11.6 Å². The van der Waals surface area contributed by atoms with Gasteiger partial charge in [-0.15, -0.1) is 0 Å². The molecule has 0 spiro atoms. The second-order valence-corrected chi connectivity index (χ2v) is 10.4. The van der Waals surface area contributed by atoms with E-state index in [0.717, 1.165) is 76.8 Å². The molecule has 0 N–H and O–H groups in total. The number of nitrogens with zero attached hydrogens (tertiary/aromatic N) is 4. The monoisotopic (exact) mass is 590 g/mol. The van der Waals surface area contributed by atoms with Crippen molar-refractivity contribution in [1.82, 2.24) is 14.4 Å². The lowest BCUT2D eigenvalue weighted by molar-refractivity contribution is 0.0787. The van der Waals surface area contributed by atoms with Gasteiger partial charge in [-0.3, -0.25) is 9.69 Å². The van der Waals surface area contributed by atoms with E-state index in [1.807, 2.05) is 62.3 Å². The zero-order valence-electron chi connectivity index (χ0n) is 20.1. The number of aromatic nitrogens is 1. The van der Waals surface area contributed by atoms with Gasteiger partial charge >= 0.3 is 0 Å². The molecule has 0 radical (unpaired) electrons. The molecule has 180 valence electrons. The van der Waals surface area contributed by atoms with Crippen molar-refractivity contribution >= 4 is 45.8 Å². The van der Waals surface area contributed by atoms with E-state index in [-0.39, 0.29) is 5.91 Å². The molecule has 4 rings (SSSR count). The van der Waals surface area contributed by atoms with Crippen LogP contribution >= 0.6 is 34.2 Å². The quantitative estimate of drug-likeness (QED) is 0.339. The largest absolute Gasteiger partial charge is 0.368 e. The van der Waals surface area contributed by atoms with Crippen LogP contribution < -0.4 is 4.90 Å². The van der Waals surface area contributed by atoms with Crippen molar-refractivity contribution in [2.45, 2.75) is 13.3 Å². The highest BCUT2D eigenvalue weighted by atomic mass is 127. The molecule has 1 amide bonds. The Morgan fingerprint density at radius 2 is 1.76 bits per heavy atom. The van der Waals surface area contributed by atoms with Gasteiger partial charge in [-0.1, -0.05) is 48.0 Å². The highest BCUT2D eigenvalue weighted by molar-refractivity contribution is 14.1. The third kappa shape index (κ3) is 5.44. The Morgan fingerprint density at radius 3 is 2.47 bits per heavy atom. The molecule has 3 aromatic rings. The minimum Gasteiger partial charge on any atom is -0.368 e. The van der Waals surface area contributed by atoms with E-state index in [0.29, 0.717) is 0 Å². The molecule has 1 aromatic heterocycles. The summed E-state index contributed by atoms with van der Waals surface area (Å²) in [5.41, 5.74) is 5.21. The normalized spacial score (nSPS) is 14.4. The Morgan fingerprint density at radius 1 is 1.06 bits per heavy atom. The van der Waals surface area contributed by atoms with E-state index >= 15 is 0 Å². The van der Waals surface area contributed by atoms with Gasteiger partial charge in [0.25, 0.3) is 5.91 Å². The van der Waals surface area contributed by atoms with Crippen LogP contribution in [0, 0.1) is 10.5 Å². The minimum absolute atomic E-state index is 0.0932. The molecule has 34 heavy (non-hydrogen) atoms. The van der Waals surface area contributed by atoms with Crippen LogP contribution in [0.4, 0.5) is 5.69 Å². The van der Waals surface area contributed by atoms with Crippen LogP contribution in [0.3, 0.4) is 0 Å². The predicted molar refractivity (Wildman–Crippen MR) is 150 cm³/mol. The van der Waals surface area contributed by atoms with Crippen molar-refractivity contribution in [1.29, 1.82) is 0 Å². The molecule has 0 unspecified atom stereocenters. The molecule has 5 nitrogen and oxygen atoms in total. The highest BCUT2D eigenvalue weighted by Gasteiger charge is 2.22. The maximum absolute atomic E-state index is 13.2. The maximum Gasteiger partial charge on any atom is 0.255 e. The van der Waals surface area contributed by atoms with Crippen LogP contribution in [0.25, 0.3) is 11.3 Å². The van der Waals surface area contributed by atoms with Crippen LogP contribution in [0.2, 0.25) is 5.02 Å². The first-order valence-corrected chi connectivity index (χ1v) is 13.2. The van der Waals surface area contributed by atoms with E-state index in [9.17, 15) is 4.79 Å². The van der Waals surface area contributed by atoms with Crippen LogP contribution in [-0.4, -0.2) is 66.6 Å². The Kier molecular flexibility index (Phi) is 8.22. The summed E-state index contributed by atoms with van der Waals surface area (Å²) in [5.74, 6) is 0.0932.